The highest BCUT2D eigenvalue weighted by Gasteiger charge is 1.98. The summed E-state index contributed by atoms with van der Waals surface area (Å²) in [6.45, 7) is 7.20. The number of carbonyl (C=O) groups excluding carboxylic acids is 1. The normalized spacial score (nSPS) is 8.67. The Hall–Kier alpha value is -1.12. The molecular weight excluding hydrogens is 192 g/mol. The van der Waals surface area contributed by atoms with E-state index in [1.807, 2.05) is 0 Å². The molecule has 0 fully saturated rings. The number of carboxylic acids is 1. The second-order valence-corrected chi connectivity index (χ2v) is 3.29. The third kappa shape index (κ3) is 19.3. The number of unbranched alkanes of at least 4 members (excludes halogenated alkanes) is 2. The molecule has 0 amide bonds. The van der Waals surface area contributed by atoms with Crippen molar-refractivity contribution in [1.29, 1.82) is 0 Å². The smallest absolute Gasteiger partial charge is 0.327 e. The standard InChI is InChI=1S/C9H18O.C3H4O2/c1-3-5-7-9(10)8-6-4-2;1-2-3(4)5/h3-8H2,1-2H3;2H,1H2,(H,4,5). The Morgan fingerprint density at radius 1 is 1.13 bits per heavy atom. The Morgan fingerprint density at radius 2 is 1.47 bits per heavy atom. The van der Waals surface area contributed by atoms with E-state index in [4.69, 9.17) is 5.11 Å². The van der Waals surface area contributed by atoms with Crippen LogP contribution in [-0.2, 0) is 9.59 Å². The van der Waals surface area contributed by atoms with Gasteiger partial charge in [0.05, 0.1) is 0 Å². The molecule has 1 N–H and O–H groups in total. The molecule has 0 aromatic heterocycles. The molecule has 0 aliphatic heterocycles. The topological polar surface area (TPSA) is 54.4 Å². The van der Waals surface area contributed by atoms with Crippen LogP contribution < -0.4 is 0 Å². The van der Waals surface area contributed by atoms with Gasteiger partial charge in [-0.05, 0) is 12.8 Å². The zero-order valence-corrected chi connectivity index (χ0v) is 9.79. The van der Waals surface area contributed by atoms with Crippen molar-refractivity contribution in [3.8, 4) is 0 Å². The lowest BCUT2D eigenvalue weighted by atomic mass is 10.1. The molecule has 3 nitrogen and oxygen atoms in total. The number of carboxylic acid groups (broad SMARTS) is 1. The Morgan fingerprint density at radius 3 is 1.67 bits per heavy atom. The number of hydrogen-bond acceptors (Lipinski definition) is 2. The highest BCUT2D eigenvalue weighted by atomic mass is 16.4. The number of rotatable bonds is 7. The number of carbonyl (C=O) groups is 2. The first-order valence-electron chi connectivity index (χ1n) is 5.45. The van der Waals surface area contributed by atoms with Crippen LogP contribution in [0.25, 0.3) is 0 Å². The van der Waals surface area contributed by atoms with Crippen LogP contribution in [0.5, 0.6) is 0 Å². The van der Waals surface area contributed by atoms with E-state index in [9.17, 15) is 9.59 Å². The molecule has 0 atom stereocenters. The SMILES string of the molecule is C=CC(=O)O.CCCCC(=O)CCCC. The largest absolute Gasteiger partial charge is 0.478 e. The number of aliphatic carboxylic acids is 1. The molecule has 0 unspecified atom stereocenters. The molecule has 0 bridgehead atoms. The molecular formula is C12H22O3. The summed E-state index contributed by atoms with van der Waals surface area (Å²) in [6, 6.07) is 0. The van der Waals surface area contributed by atoms with Gasteiger partial charge in [0, 0.05) is 18.9 Å². The van der Waals surface area contributed by atoms with Crippen molar-refractivity contribution >= 4 is 11.8 Å². The predicted octanol–water partition coefficient (Wildman–Crippen LogP) is 3.19. The minimum Gasteiger partial charge on any atom is -0.478 e. The average molecular weight is 214 g/mol. The maximum absolute atomic E-state index is 11.0. The van der Waals surface area contributed by atoms with Crippen LogP contribution in [0, 0.1) is 0 Å². The van der Waals surface area contributed by atoms with Gasteiger partial charge in [0.2, 0.25) is 0 Å². The van der Waals surface area contributed by atoms with Crippen molar-refractivity contribution in [2.75, 3.05) is 0 Å². The van der Waals surface area contributed by atoms with Gasteiger partial charge in [0.15, 0.2) is 0 Å². The van der Waals surface area contributed by atoms with Crippen molar-refractivity contribution < 1.29 is 14.7 Å². The monoisotopic (exact) mass is 214 g/mol. The number of hydrogen-bond donors (Lipinski definition) is 1. The molecule has 0 heterocycles. The quantitative estimate of drug-likeness (QED) is 0.662. The summed E-state index contributed by atoms with van der Waals surface area (Å²) >= 11 is 0. The Balaban J connectivity index is 0. The Bertz CT molecular complexity index is 175. The Labute approximate surface area is 92.2 Å². The summed E-state index contributed by atoms with van der Waals surface area (Å²) < 4.78 is 0. The average Bonchev–Trinajstić information content (AvgIpc) is 2.24. The minimum absolute atomic E-state index is 0.448. The summed E-state index contributed by atoms with van der Waals surface area (Å²) in [7, 11) is 0. The predicted molar refractivity (Wildman–Crippen MR) is 61.9 cm³/mol. The number of Topliss-reactive ketones (excluding diaryl/α,β-unsaturated/α-hetero) is 1. The van der Waals surface area contributed by atoms with Crippen LogP contribution in [0.1, 0.15) is 52.4 Å². The molecule has 0 rings (SSSR count). The fraction of sp³-hybridized carbons (Fsp3) is 0.667. The second kappa shape index (κ2) is 12.9. The van der Waals surface area contributed by atoms with Crippen LogP contribution >= 0.6 is 0 Å². The van der Waals surface area contributed by atoms with E-state index in [1.54, 1.807) is 0 Å². The highest BCUT2D eigenvalue weighted by molar-refractivity contribution is 5.78. The van der Waals surface area contributed by atoms with Crippen LogP contribution in [0.15, 0.2) is 12.7 Å². The van der Waals surface area contributed by atoms with Gasteiger partial charge < -0.3 is 5.11 Å². The van der Waals surface area contributed by atoms with Crippen molar-refractivity contribution in [2.24, 2.45) is 0 Å². The molecule has 0 spiro atoms. The van der Waals surface area contributed by atoms with Gasteiger partial charge in [0.1, 0.15) is 5.78 Å². The molecule has 88 valence electrons. The summed E-state index contributed by atoms with van der Waals surface area (Å²) in [6.07, 6.45) is 6.85. The molecule has 0 radical (unpaired) electrons. The van der Waals surface area contributed by atoms with E-state index >= 15 is 0 Å². The fourth-order valence-electron chi connectivity index (χ4n) is 0.873. The van der Waals surface area contributed by atoms with E-state index in [0.717, 1.165) is 44.6 Å². The first kappa shape index (κ1) is 16.3. The van der Waals surface area contributed by atoms with Crippen LogP contribution in [0.3, 0.4) is 0 Å². The van der Waals surface area contributed by atoms with Gasteiger partial charge in [-0.15, -0.1) is 0 Å². The summed E-state index contributed by atoms with van der Waals surface area (Å²) in [5, 5.41) is 7.60. The molecule has 0 aliphatic carbocycles. The lowest BCUT2D eigenvalue weighted by Gasteiger charge is -1.96. The van der Waals surface area contributed by atoms with E-state index in [2.05, 4.69) is 20.4 Å². The van der Waals surface area contributed by atoms with Crippen molar-refractivity contribution in [3.05, 3.63) is 12.7 Å². The van der Waals surface area contributed by atoms with Gasteiger partial charge in [0.25, 0.3) is 0 Å². The Kier molecular flexibility index (Phi) is 14.0. The van der Waals surface area contributed by atoms with Crippen LogP contribution in [0.4, 0.5) is 0 Å². The van der Waals surface area contributed by atoms with E-state index < -0.39 is 5.97 Å². The maximum Gasteiger partial charge on any atom is 0.327 e. The highest BCUT2D eigenvalue weighted by Crippen LogP contribution is 2.02. The summed E-state index contributed by atoms with van der Waals surface area (Å²) in [5.41, 5.74) is 0. The zero-order valence-electron chi connectivity index (χ0n) is 9.79. The molecule has 0 saturated carbocycles. The molecule has 3 heteroatoms. The lowest BCUT2D eigenvalue weighted by Crippen LogP contribution is -1.96. The molecule has 0 aromatic carbocycles. The fourth-order valence-corrected chi connectivity index (χ4v) is 0.873. The summed E-state index contributed by atoms with van der Waals surface area (Å²) in [4.78, 5) is 20.2. The van der Waals surface area contributed by atoms with Crippen molar-refractivity contribution in [3.63, 3.8) is 0 Å². The molecule has 0 saturated heterocycles. The zero-order chi connectivity index (χ0) is 12.1. The van der Waals surface area contributed by atoms with Crippen molar-refractivity contribution in [2.45, 2.75) is 52.4 Å². The minimum atomic E-state index is -0.981. The maximum atomic E-state index is 11.0. The third-order valence-electron chi connectivity index (χ3n) is 1.79. The van der Waals surface area contributed by atoms with Crippen LogP contribution in [0.2, 0.25) is 0 Å². The van der Waals surface area contributed by atoms with Gasteiger partial charge in [-0.25, -0.2) is 4.79 Å². The van der Waals surface area contributed by atoms with E-state index in [-0.39, 0.29) is 0 Å². The van der Waals surface area contributed by atoms with Gasteiger partial charge in [-0.2, -0.15) is 0 Å². The number of ketones is 1. The van der Waals surface area contributed by atoms with Crippen molar-refractivity contribution in [1.82, 2.24) is 0 Å². The second-order valence-electron chi connectivity index (χ2n) is 3.29. The molecule has 15 heavy (non-hydrogen) atoms. The van der Waals surface area contributed by atoms with E-state index in [1.165, 1.54) is 0 Å². The third-order valence-corrected chi connectivity index (χ3v) is 1.79. The lowest BCUT2D eigenvalue weighted by molar-refractivity contribution is -0.131. The first-order valence-corrected chi connectivity index (χ1v) is 5.45. The van der Waals surface area contributed by atoms with Gasteiger partial charge >= 0.3 is 5.97 Å². The molecule has 0 aliphatic rings. The first-order chi connectivity index (χ1) is 7.08. The molecule has 0 aromatic rings. The van der Waals surface area contributed by atoms with Gasteiger partial charge in [-0.1, -0.05) is 33.3 Å². The summed E-state index contributed by atoms with van der Waals surface area (Å²) in [5.74, 6) is -0.534. The van der Waals surface area contributed by atoms with Gasteiger partial charge in [-0.3, -0.25) is 4.79 Å². The van der Waals surface area contributed by atoms with E-state index in [0.29, 0.717) is 5.78 Å². The van der Waals surface area contributed by atoms with Crippen LogP contribution in [-0.4, -0.2) is 16.9 Å².